The molecule has 40 heavy (non-hydrogen) atoms. The molecule has 8 rings (SSSR count). The molecule has 194 valence electrons. The number of hydrogen-bond donors (Lipinski definition) is 1. The van der Waals surface area contributed by atoms with Crippen molar-refractivity contribution < 1.29 is 19.3 Å². The van der Waals surface area contributed by atoms with Crippen molar-refractivity contribution in [1.82, 2.24) is 0 Å². The van der Waals surface area contributed by atoms with E-state index in [1.165, 1.54) is 12.1 Å². The number of carbonyl (C=O) groups is 3. The smallest absolute Gasteiger partial charge is 0.269 e. The number of nitrogens with one attached hydrogen (secondary N) is 1. The highest BCUT2D eigenvalue weighted by Gasteiger charge is 2.73. The topological polar surface area (TPSA) is 110 Å². The minimum absolute atomic E-state index is 0.0553. The largest absolute Gasteiger partial charge is 0.356 e. The number of nitro benzene ring substituents is 1. The highest BCUT2D eigenvalue weighted by Crippen LogP contribution is 2.67. The van der Waals surface area contributed by atoms with Crippen LogP contribution < -0.4 is 10.2 Å². The van der Waals surface area contributed by atoms with Crippen molar-refractivity contribution in [2.75, 3.05) is 10.2 Å². The van der Waals surface area contributed by atoms with Gasteiger partial charge >= 0.3 is 0 Å². The highest BCUT2D eigenvalue weighted by molar-refractivity contribution is 6.19. The molecule has 1 fully saturated rings. The summed E-state index contributed by atoms with van der Waals surface area (Å²) in [5.74, 6) is -2.47. The second kappa shape index (κ2) is 7.72. The van der Waals surface area contributed by atoms with Crippen molar-refractivity contribution in [2.45, 2.75) is 17.5 Å². The Morgan fingerprint density at radius 3 is 1.80 bits per heavy atom. The van der Waals surface area contributed by atoms with Crippen LogP contribution in [0.2, 0.25) is 0 Å². The predicted octanol–water partition coefficient (Wildman–Crippen LogP) is 5.41. The highest BCUT2D eigenvalue weighted by atomic mass is 16.6. The number of ketones is 2. The maximum Gasteiger partial charge on any atom is 0.269 e. The van der Waals surface area contributed by atoms with Gasteiger partial charge in [0.1, 0.15) is 5.41 Å². The zero-order chi connectivity index (χ0) is 27.3. The lowest BCUT2D eigenvalue weighted by atomic mass is 9.55. The molecule has 0 aromatic heterocycles. The first kappa shape index (κ1) is 22.8. The van der Waals surface area contributed by atoms with Gasteiger partial charge in [-0.2, -0.15) is 0 Å². The number of anilines is 2. The van der Waals surface area contributed by atoms with Crippen molar-refractivity contribution in [3.05, 3.63) is 135 Å². The molecule has 4 aromatic rings. The number of nitrogens with zero attached hydrogens (tertiary/aromatic N) is 2. The van der Waals surface area contributed by atoms with E-state index in [1.54, 1.807) is 36.4 Å². The Kier molecular flexibility index (Phi) is 4.41. The SMILES string of the molecule is O=C1c2ccccc2C2C1C1(C(=O)Nc3ccccc31)C1C(=O)c3ccccc3C1N2c1ccc([N+](=O)[O-])cc1. The maximum absolute atomic E-state index is 14.4. The van der Waals surface area contributed by atoms with Gasteiger partial charge in [-0.1, -0.05) is 66.7 Å². The lowest BCUT2D eigenvalue weighted by Crippen LogP contribution is -2.62. The Bertz CT molecular complexity index is 1740. The van der Waals surface area contributed by atoms with E-state index in [4.69, 9.17) is 0 Å². The number of piperidine rings is 1. The van der Waals surface area contributed by atoms with E-state index in [-0.39, 0.29) is 23.2 Å². The minimum atomic E-state index is -1.44. The fourth-order valence-electron chi connectivity index (χ4n) is 7.82. The number of para-hydroxylation sites is 1. The van der Waals surface area contributed by atoms with Gasteiger partial charge < -0.3 is 10.2 Å². The monoisotopic (exact) mass is 527 g/mol. The summed E-state index contributed by atoms with van der Waals surface area (Å²) in [4.78, 5) is 56.3. The van der Waals surface area contributed by atoms with Crippen LogP contribution in [0.4, 0.5) is 17.1 Å². The number of carbonyl (C=O) groups excluding carboxylic acids is 3. The molecule has 2 aliphatic carbocycles. The summed E-state index contributed by atoms with van der Waals surface area (Å²) in [6.45, 7) is 0. The van der Waals surface area contributed by atoms with E-state index in [9.17, 15) is 24.5 Å². The Morgan fingerprint density at radius 2 is 1.23 bits per heavy atom. The quantitative estimate of drug-likeness (QED) is 0.276. The fourth-order valence-corrected chi connectivity index (χ4v) is 7.82. The van der Waals surface area contributed by atoms with Crippen LogP contribution in [0.3, 0.4) is 0 Å². The van der Waals surface area contributed by atoms with Gasteiger partial charge in [-0.25, -0.2) is 0 Å². The zero-order valence-corrected chi connectivity index (χ0v) is 21.0. The predicted molar refractivity (Wildman–Crippen MR) is 146 cm³/mol. The van der Waals surface area contributed by atoms with Gasteiger partial charge in [-0.15, -0.1) is 0 Å². The molecule has 2 aliphatic heterocycles. The lowest BCUT2D eigenvalue weighted by molar-refractivity contribution is -0.384. The average Bonchev–Trinajstić information content (AvgIpc) is 3.56. The summed E-state index contributed by atoms with van der Waals surface area (Å²) in [7, 11) is 0. The number of nitro groups is 1. The van der Waals surface area contributed by atoms with Gasteiger partial charge in [0.05, 0.1) is 28.8 Å². The molecule has 1 spiro atoms. The minimum Gasteiger partial charge on any atom is -0.356 e. The molecule has 4 aromatic carbocycles. The zero-order valence-electron chi connectivity index (χ0n) is 21.0. The normalized spacial score (nSPS) is 27.1. The first-order valence-electron chi connectivity index (χ1n) is 13.1. The summed E-state index contributed by atoms with van der Waals surface area (Å²) in [5.41, 5.74) is 3.05. The summed E-state index contributed by atoms with van der Waals surface area (Å²) in [6.07, 6.45) is 0. The molecular formula is C32H21N3O5. The molecule has 4 atom stereocenters. The van der Waals surface area contributed by atoms with E-state index < -0.39 is 34.3 Å². The molecule has 8 nitrogen and oxygen atoms in total. The average molecular weight is 528 g/mol. The standard InChI is InChI=1S/C32H21N3O5/c36-29-21-9-3-1-7-19(21)27-25(29)32(23-11-5-6-12-24(23)33-31(32)38)26-28(20-8-2-4-10-22(20)30(26)37)34(27)17-13-15-18(16-14-17)35(39)40/h1-16,25-28H,(H,33,38). The number of amides is 1. The lowest BCUT2D eigenvalue weighted by Gasteiger charge is -2.54. The molecule has 1 N–H and O–H groups in total. The first-order chi connectivity index (χ1) is 19.4. The van der Waals surface area contributed by atoms with Crippen molar-refractivity contribution in [3.63, 3.8) is 0 Å². The summed E-state index contributed by atoms with van der Waals surface area (Å²) < 4.78 is 0. The Balaban J connectivity index is 1.48. The third kappa shape index (κ3) is 2.58. The molecule has 0 bridgehead atoms. The van der Waals surface area contributed by atoms with Crippen LogP contribution in [0.1, 0.15) is 49.5 Å². The van der Waals surface area contributed by atoms with Gasteiger partial charge in [0, 0.05) is 34.6 Å². The van der Waals surface area contributed by atoms with E-state index in [1.807, 2.05) is 48.5 Å². The molecule has 1 saturated heterocycles. The maximum atomic E-state index is 14.4. The molecule has 0 saturated carbocycles. The van der Waals surface area contributed by atoms with Crippen LogP contribution in [0.15, 0.2) is 97.1 Å². The van der Waals surface area contributed by atoms with Crippen molar-refractivity contribution in [2.24, 2.45) is 11.8 Å². The van der Waals surface area contributed by atoms with E-state index in [2.05, 4.69) is 10.2 Å². The molecule has 0 radical (unpaired) electrons. The molecule has 8 heteroatoms. The van der Waals surface area contributed by atoms with E-state index >= 15 is 0 Å². The molecular weight excluding hydrogens is 506 g/mol. The summed E-state index contributed by atoms with van der Waals surface area (Å²) >= 11 is 0. The fraction of sp³-hybridized carbons (Fsp3) is 0.156. The van der Waals surface area contributed by atoms with E-state index in [0.29, 0.717) is 28.1 Å². The van der Waals surface area contributed by atoms with Crippen LogP contribution >= 0.6 is 0 Å². The third-order valence-corrected chi connectivity index (χ3v) is 9.22. The summed E-state index contributed by atoms with van der Waals surface area (Å²) in [6, 6.07) is 27.1. The van der Waals surface area contributed by atoms with E-state index in [0.717, 1.165) is 11.1 Å². The van der Waals surface area contributed by atoms with Crippen molar-refractivity contribution in [1.29, 1.82) is 0 Å². The van der Waals surface area contributed by atoms with Gasteiger partial charge in [-0.05, 0) is 34.9 Å². The number of Topliss-reactive ketones (excluding diaryl/α,β-unsaturated/α-hetero) is 2. The van der Waals surface area contributed by atoms with Crippen LogP contribution in [0, 0.1) is 22.0 Å². The molecule has 1 amide bonds. The van der Waals surface area contributed by atoms with Crippen LogP contribution in [-0.4, -0.2) is 22.4 Å². The van der Waals surface area contributed by atoms with Crippen LogP contribution in [0.5, 0.6) is 0 Å². The Morgan fingerprint density at radius 1 is 0.700 bits per heavy atom. The number of non-ortho nitro benzene ring substituents is 1. The third-order valence-electron chi connectivity index (χ3n) is 9.22. The number of fused-ring (bicyclic) bond motifs is 10. The van der Waals surface area contributed by atoms with Gasteiger partial charge in [-0.3, -0.25) is 24.5 Å². The Hall–Kier alpha value is -5.11. The second-order valence-electron chi connectivity index (χ2n) is 10.8. The number of rotatable bonds is 2. The summed E-state index contributed by atoms with van der Waals surface area (Å²) in [5, 5.41) is 14.5. The van der Waals surface area contributed by atoms with Crippen LogP contribution in [-0.2, 0) is 10.2 Å². The van der Waals surface area contributed by atoms with Crippen LogP contribution in [0.25, 0.3) is 0 Å². The second-order valence-corrected chi connectivity index (χ2v) is 10.8. The number of hydrogen-bond acceptors (Lipinski definition) is 6. The molecule has 2 heterocycles. The first-order valence-corrected chi connectivity index (χ1v) is 13.1. The number of benzene rings is 4. The van der Waals surface area contributed by atoms with Gasteiger partial charge in [0.15, 0.2) is 11.6 Å². The van der Waals surface area contributed by atoms with Crippen molar-refractivity contribution >= 4 is 34.5 Å². The molecule has 4 aliphatic rings. The Labute approximate surface area is 228 Å². The molecule has 4 unspecified atom stereocenters. The van der Waals surface area contributed by atoms with Gasteiger partial charge in [0.2, 0.25) is 5.91 Å². The van der Waals surface area contributed by atoms with Gasteiger partial charge in [0.25, 0.3) is 5.69 Å². The van der Waals surface area contributed by atoms with Crippen molar-refractivity contribution in [3.8, 4) is 0 Å².